The molecule has 0 saturated heterocycles. The molecule has 5 nitrogen and oxygen atoms in total. The maximum absolute atomic E-state index is 12.2. The number of aryl methyl sites for hydroxylation is 1. The fourth-order valence-corrected chi connectivity index (χ4v) is 2.81. The lowest BCUT2D eigenvalue weighted by molar-refractivity contribution is 0.467. The van der Waals surface area contributed by atoms with Gasteiger partial charge >= 0.3 is 5.69 Å². The number of nitrogen functional groups attached to an aromatic ring is 1. The third kappa shape index (κ3) is 1.86. The molecule has 0 aliphatic heterocycles. The van der Waals surface area contributed by atoms with E-state index in [2.05, 4.69) is 12.1 Å². The van der Waals surface area contributed by atoms with E-state index in [9.17, 15) is 9.59 Å². The minimum atomic E-state index is -0.385. The van der Waals surface area contributed by atoms with Crippen LogP contribution in [-0.4, -0.2) is 9.13 Å². The molecule has 2 aromatic rings. The molecule has 0 amide bonds. The fraction of sp³-hybridized carbons (Fsp3) is 0.333. The largest absolute Gasteiger partial charge is 0.393 e. The molecule has 1 atom stereocenters. The van der Waals surface area contributed by atoms with Crippen molar-refractivity contribution >= 4 is 5.69 Å². The molecule has 2 N–H and O–H groups in total. The summed E-state index contributed by atoms with van der Waals surface area (Å²) in [7, 11) is 0. The number of rotatable bonds is 3. The quantitative estimate of drug-likeness (QED) is 0.903. The lowest BCUT2D eigenvalue weighted by Gasteiger charge is -2.30. The highest BCUT2D eigenvalue weighted by Crippen LogP contribution is 2.35. The minimum Gasteiger partial charge on any atom is -0.393 e. The number of hydrogen-bond donors (Lipinski definition) is 1. The third-order valence-electron chi connectivity index (χ3n) is 3.97. The minimum absolute atomic E-state index is 0.124. The average molecular weight is 271 g/mol. The monoisotopic (exact) mass is 271 g/mol. The van der Waals surface area contributed by atoms with Crippen molar-refractivity contribution in [3.8, 4) is 0 Å². The van der Waals surface area contributed by atoms with Crippen LogP contribution in [-0.2, 0) is 19.5 Å². The molecule has 5 heteroatoms. The van der Waals surface area contributed by atoms with Crippen LogP contribution in [0.2, 0.25) is 0 Å². The van der Waals surface area contributed by atoms with Gasteiger partial charge in [-0.25, -0.2) is 4.79 Å². The van der Waals surface area contributed by atoms with Crippen molar-refractivity contribution in [1.82, 2.24) is 9.13 Å². The Bertz CT molecular complexity index is 773. The van der Waals surface area contributed by atoms with Crippen molar-refractivity contribution < 1.29 is 0 Å². The molecule has 1 aromatic carbocycles. The van der Waals surface area contributed by atoms with Gasteiger partial charge in [-0.15, -0.1) is 0 Å². The molecule has 0 fully saturated rings. The zero-order valence-corrected chi connectivity index (χ0v) is 11.4. The molecular formula is C15H17N3O2. The molecule has 1 aliphatic rings. The van der Waals surface area contributed by atoms with Gasteiger partial charge in [-0.3, -0.25) is 13.9 Å². The van der Waals surface area contributed by atoms with Crippen molar-refractivity contribution in [2.45, 2.75) is 32.4 Å². The van der Waals surface area contributed by atoms with Gasteiger partial charge in [0.05, 0.1) is 0 Å². The molecule has 20 heavy (non-hydrogen) atoms. The van der Waals surface area contributed by atoms with Gasteiger partial charge in [0.1, 0.15) is 5.69 Å². The van der Waals surface area contributed by atoms with Crippen LogP contribution in [0.15, 0.2) is 40.1 Å². The van der Waals surface area contributed by atoms with E-state index < -0.39 is 0 Å². The van der Waals surface area contributed by atoms with Gasteiger partial charge in [-0.1, -0.05) is 24.3 Å². The van der Waals surface area contributed by atoms with Gasteiger partial charge in [-0.05, 0) is 24.5 Å². The summed E-state index contributed by atoms with van der Waals surface area (Å²) in [5.41, 5.74) is 7.68. The standard InChI is InChI=1S/C15H17N3O2/c1-2-17-9-13(16)14(19)18(15(17)20)8-11-7-10-5-3-4-6-12(10)11/h3-6,9,11H,2,7-8,16H2,1H3. The summed E-state index contributed by atoms with van der Waals surface area (Å²) in [6, 6.07) is 8.13. The molecule has 0 bridgehead atoms. The number of nitrogens with zero attached hydrogens (tertiary/aromatic N) is 2. The summed E-state index contributed by atoms with van der Waals surface area (Å²) in [4.78, 5) is 24.3. The van der Waals surface area contributed by atoms with Crippen LogP contribution in [0.5, 0.6) is 0 Å². The molecule has 1 heterocycles. The second-order valence-electron chi connectivity index (χ2n) is 5.17. The number of aromatic nitrogens is 2. The molecule has 1 unspecified atom stereocenters. The Hall–Kier alpha value is -2.30. The molecule has 0 spiro atoms. The van der Waals surface area contributed by atoms with Gasteiger partial charge in [-0.2, -0.15) is 0 Å². The Labute approximate surface area is 116 Å². The summed E-state index contributed by atoms with van der Waals surface area (Å²) in [6.07, 6.45) is 2.33. The normalized spacial score (nSPS) is 16.6. The van der Waals surface area contributed by atoms with E-state index >= 15 is 0 Å². The second-order valence-corrected chi connectivity index (χ2v) is 5.17. The predicted molar refractivity (Wildman–Crippen MR) is 77.9 cm³/mol. The fourth-order valence-electron chi connectivity index (χ4n) is 2.81. The molecular weight excluding hydrogens is 254 g/mol. The average Bonchev–Trinajstić information content (AvgIpc) is 2.43. The first-order valence-electron chi connectivity index (χ1n) is 6.79. The Balaban J connectivity index is 1.99. The highest BCUT2D eigenvalue weighted by Gasteiger charge is 2.27. The summed E-state index contributed by atoms with van der Waals surface area (Å²) >= 11 is 0. The van der Waals surface area contributed by atoms with Gasteiger partial charge in [0, 0.05) is 25.2 Å². The lowest BCUT2D eigenvalue weighted by atomic mass is 9.77. The van der Waals surface area contributed by atoms with E-state index in [4.69, 9.17) is 5.73 Å². The van der Waals surface area contributed by atoms with Gasteiger partial charge in [0.2, 0.25) is 0 Å². The second kappa shape index (κ2) is 4.67. The molecule has 1 aliphatic carbocycles. The summed E-state index contributed by atoms with van der Waals surface area (Å²) < 4.78 is 2.74. The van der Waals surface area contributed by atoms with Crippen LogP contribution >= 0.6 is 0 Å². The topological polar surface area (TPSA) is 70.0 Å². The molecule has 3 rings (SSSR count). The summed E-state index contributed by atoms with van der Waals surface area (Å²) in [5.74, 6) is 0.226. The number of benzene rings is 1. The van der Waals surface area contributed by atoms with Gasteiger partial charge < -0.3 is 5.73 Å². The van der Waals surface area contributed by atoms with Crippen molar-refractivity contribution in [2.75, 3.05) is 5.73 Å². The van der Waals surface area contributed by atoms with E-state index in [1.54, 1.807) is 0 Å². The summed E-state index contributed by atoms with van der Waals surface area (Å²) in [5, 5.41) is 0. The molecule has 0 radical (unpaired) electrons. The Morgan fingerprint density at radius 2 is 2.05 bits per heavy atom. The summed E-state index contributed by atoms with van der Waals surface area (Å²) in [6.45, 7) is 2.76. The zero-order valence-electron chi connectivity index (χ0n) is 11.4. The van der Waals surface area contributed by atoms with Crippen LogP contribution < -0.4 is 17.0 Å². The Morgan fingerprint density at radius 3 is 2.75 bits per heavy atom. The van der Waals surface area contributed by atoms with Gasteiger partial charge in [0.25, 0.3) is 5.56 Å². The van der Waals surface area contributed by atoms with E-state index in [0.717, 1.165) is 6.42 Å². The molecule has 104 valence electrons. The molecule has 0 saturated carbocycles. The maximum Gasteiger partial charge on any atom is 0.331 e. The number of anilines is 1. The van der Waals surface area contributed by atoms with E-state index in [1.165, 1.54) is 26.5 Å². The Morgan fingerprint density at radius 1 is 1.30 bits per heavy atom. The zero-order chi connectivity index (χ0) is 14.3. The number of nitrogens with two attached hydrogens (primary N) is 1. The van der Waals surface area contributed by atoms with Crippen molar-refractivity contribution in [3.05, 3.63) is 62.4 Å². The van der Waals surface area contributed by atoms with Crippen LogP contribution in [0, 0.1) is 0 Å². The third-order valence-corrected chi connectivity index (χ3v) is 3.97. The van der Waals surface area contributed by atoms with E-state index in [1.807, 2.05) is 19.1 Å². The van der Waals surface area contributed by atoms with Crippen molar-refractivity contribution in [3.63, 3.8) is 0 Å². The number of hydrogen-bond acceptors (Lipinski definition) is 3. The van der Waals surface area contributed by atoms with Crippen LogP contribution in [0.25, 0.3) is 0 Å². The number of fused-ring (bicyclic) bond motifs is 1. The van der Waals surface area contributed by atoms with Crippen LogP contribution in [0.1, 0.15) is 24.0 Å². The first-order chi connectivity index (χ1) is 9.61. The van der Waals surface area contributed by atoms with E-state index in [0.29, 0.717) is 13.1 Å². The highest BCUT2D eigenvalue weighted by atomic mass is 16.2. The van der Waals surface area contributed by atoms with Crippen LogP contribution in [0.3, 0.4) is 0 Å². The highest BCUT2D eigenvalue weighted by molar-refractivity contribution is 5.40. The lowest BCUT2D eigenvalue weighted by Crippen LogP contribution is -2.42. The van der Waals surface area contributed by atoms with Crippen molar-refractivity contribution in [2.24, 2.45) is 0 Å². The maximum atomic E-state index is 12.2. The van der Waals surface area contributed by atoms with Crippen molar-refractivity contribution in [1.29, 1.82) is 0 Å². The SMILES string of the molecule is CCn1cc(N)c(=O)n(CC2Cc3ccccc32)c1=O. The first kappa shape index (κ1) is 12.7. The smallest absolute Gasteiger partial charge is 0.331 e. The first-order valence-corrected chi connectivity index (χ1v) is 6.79. The van der Waals surface area contributed by atoms with E-state index in [-0.39, 0.29) is 22.9 Å². The molecule has 1 aromatic heterocycles. The predicted octanol–water partition coefficient (Wildman–Crippen LogP) is 0.952. The Kier molecular flexibility index (Phi) is 2.97. The van der Waals surface area contributed by atoms with Gasteiger partial charge in [0.15, 0.2) is 0 Å². The van der Waals surface area contributed by atoms with Crippen LogP contribution in [0.4, 0.5) is 5.69 Å².